The predicted octanol–water partition coefficient (Wildman–Crippen LogP) is 2.48. The topological polar surface area (TPSA) is 12.0 Å². The average Bonchev–Trinajstić information content (AvgIpc) is 1.82. The summed E-state index contributed by atoms with van der Waals surface area (Å²) in [6.07, 6.45) is 2.69. The zero-order valence-electron chi connectivity index (χ0n) is 6.36. The molecule has 3 heteroatoms. The summed E-state index contributed by atoms with van der Waals surface area (Å²) in [4.78, 5) is 0.601. The Bertz CT molecular complexity index is 218. The second-order valence-corrected chi connectivity index (χ2v) is 2.60. The van der Waals surface area contributed by atoms with Gasteiger partial charge in [0.05, 0.1) is 4.99 Å². The summed E-state index contributed by atoms with van der Waals surface area (Å²) in [6, 6.07) is 0. The molecular formula is C8H10FNS. The van der Waals surface area contributed by atoms with Crippen molar-refractivity contribution >= 4 is 17.2 Å². The lowest BCUT2D eigenvalue weighted by molar-refractivity contribution is 0.671. The molecule has 0 saturated carbocycles. The van der Waals surface area contributed by atoms with Crippen LogP contribution in [0, 0.1) is 0 Å². The van der Waals surface area contributed by atoms with Crippen molar-refractivity contribution in [3.05, 3.63) is 36.8 Å². The van der Waals surface area contributed by atoms with Gasteiger partial charge in [-0.3, -0.25) is 0 Å². The molecule has 60 valence electrons. The van der Waals surface area contributed by atoms with Crippen LogP contribution in [-0.4, -0.2) is 4.99 Å². The maximum Gasteiger partial charge on any atom is 0.116 e. The van der Waals surface area contributed by atoms with Crippen molar-refractivity contribution in [2.45, 2.75) is 6.92 Å². The van der Waals surface area contributed by atoms with Gasteiger partial charge in [-0.1, -0.05) is 25.4 Å². The van der Waals surface area contributed by atoms with Crippen LogP contribution in [0.4, 0.5) is 4.39 Å². The number of allylic oxidation sites excluding steroid dienone is 3. The Morgan fingerprint density at radius 3 is 2.36 bits per heavy atom. The monoisotopic (exact) mass is 171 g/mol. The largest absolute Gasteiger partial charge is 0.351 e. The van der Waals surface area contributed by atoms with E-state index in [1.807, 2.05) is 0 Å². The van der Waals surface area contributed by atoms with Crippen LogP contribution in [0.25, 0.3) is 0 Å². The quantitative estimate of drug-likeness (QED) is 0.517. The summed E-state index contributed by atoms with van der Waals surface area (Å²) >= 11 is 4.73. The van der Waals surface area contributed by atoms with Gasteiger partial charge in [-0.05, 0) is 19.1 Å². The molecule has 0 radical (unpaired) electrons. The Labute approximate surface area is 71.3 Å². The first-order valence-electron chi connectivity index (χ1n) is 3.01. The van der Waals surface area contributed by atoms with Crippen LogP contribution in [0.2, 0.25) is 0 Å². The Kier molecular flexibility index (Phi) is 4.38. The van der Waals surface area contributed by atoms with Gasteiger partial charge in [0, 0.05) is 5.70 Å². The first-order chi connectivity index (χ1) is 5.02. The third-order valence-corrected chi connectivity index (χ3v) is 0.904. The van der Waals surface area contributed by atoms with Crippen LogP contribution in [0.1, 0.15) is 6.92 Å². The molecule has 0 atom stereocenters. The summed E-state index contributed by atoms with van der Waals surface area (Å²) in [5, 5.41) is 2.74. The van der Waals surface area contributed by atoms with E-state index in [1.54, 1.807) is 6.92 Å². The predicted molar refractivity (Wildman–Crippen MR) is 49.9 cm³/mol. The summed E-state index contributed by atoms with van der Waals surface area (Å²) in [5.41, 5.74) is 0.552. The van der Waals surface area contributed by atoms with Crippen molar-refractivity contribution in [1.82, 2.24) is 5.32 Å². The number of halogens is 1. The van der Waals surface area contributed by atoms with E-state index in [4.69, 9.17) is 12.2 Å². The van der Waals surface area contributed by atoms with Crippen molar-refractivity contribution < 1.29 is 4.39 Å². The van der Waals surface area contributed by atoms with Crippen molar-refractivity contribution in [1.29, 1.82) is 0 Å². The van der Waals surface area contributed by atoms with Gasteiger partial charge in [0.25, 0.3) is 0 Å². The lowest BCUT2D eigenvalue weighted by Gasteiger charge is -2.00. The van der Waals surface area contributed by atoms with Gasteiger partial charge in [-0.15, -0.1) is 0 Å². The van der Waals surface area contributed by atoms with E-state index in [-0.39, 0.29) is 0 Å². The lowest BCUT2D eigenvalue weighted by atomic mass is 10.4. The Morgan fingerprint density at radius 2 is 2.00 bits per heavy atom. The van der Waals surface area contributed by atoms with Crippen LogP contribution < -0.4 is 5.32 Å². The van der Waals surface area contributed by atoms with E-state index in [0.29, 0.717) is 10.7 Å². The van der Waals surface area contributed by atoms with E-state index in [0.717, 1.165) is 0 Å². The van der Waals surface area contributed by atoms with Gasteiger partial charge in [-0.25, -0.2) is 4.39 Å². The summed E-state index contributed by atoms with van der Waals surface area (Å²) in [6.45, 7) is 8.35. The van der Waals surface area contributed by atoms with Crippen molar-refractivity contribution in [3.63, 3.8) is 0 Å². The average molecular weight is 171 g/mol. The minimum Gasteiger partial charge on any atom is -0.351 e. The molecule has 1 nitrogen and oxygen atoms in total. The molecule has 0 aliphatic heterocycles. The van der Waals surface area contributed by atoms with Gasteiger partial charge < -0.3 is 5.32 Å². The highest BCUT2D eigenvalue weighted by molar-refractivity contribution is 7.80. The molecule has 0 aromatic heterocycles. The summed E-state index contributed by atoms with van der Waals surface area (Å²) in [7, 11) is 0. The third-order valence-electron chi connectivity index (χ3n) is 0.802. The molecule has 0 heterocycles. The number of nitrogens with one attached hydrogen (secondary N) is 1. The smallest absolute Gasteiger partial charge is 0.116 e. The first kappa shape index (κ1) is 10.0. The summed E-state index contributed by atoms with van der Waals surface area (Å²) in [5.74, 6) is -0.505. The fraction of sp³-hybridized carbons (Fsp3) is 0.125. The highest BCUT2D eigenvalue weighted by atomic mass is 32.1. The molecule has 0 unspecified atom stereocenters. The molecular weight excluding hydrogens is 161 g/mol. The van der Waals surface area contributed by atoms with Crippen molar-refractivity contribution in [3.8, 4) is 0 Å². The number of thiocarbonyl (C=S) groups is 1. The fourth-order valence-corrected chi connectivity index (χ4v) is 0.590. The van der Waals surface area contributed by atoms with Crippen LogP contribution in [-0.2, 0) is 0 Å². The van der Waals surface area contributed by atoms with E-state index >= 15 is 0 Å². The Hall–Kier alpha value is -0.960. The first-order valence-corrected chi connectivity index (χ1v) is 3.42. The minimum atomic E-state index is -0.505. The second-order valence-electron chi connectivity index (χ2n) is 1.99. The van der Waals surface area contributed by atoms with Crippen LogP contribution >= 0.6 is 12.2 Å². The zero-order chi connectivity index (χ0) is 8.85. The van der Waals surface area contributed by atoms with E-state index < -0.39 is 5.83 Å². The highest BCUT2D eigenvalue weighted by Crippen LogP contribution is 1.96. The maximum atomic E-state index is 12.0. The standard InChI is InChI=1S/C8H10FNS/c1-6(9)4-5-7(2)10-8(3)11/h4-5H,1-2H2,3H3,(H,10,11)/b5-4-. The van der Waals surface area contributed by atoms with Crippen molar-refractivity contribution in [2.75, 3.05) is 0 Å². The second kappa shape index (κ2) is 4.79. The molecule has 11 heavy (non-hydrogen) atoms. The van der Waals surface area contributed by atoms with E-state index in [9.17, 15) is 4.39 Å². The molecule has 0 spiro atoms. The molecule has 0 rings (SSSR count). The van der Waals surface area contributed by atoms with Gasteiger partial charge in [0.1, 0.15) is 5.83 Å². The van der Waals surface area contributed by atoms with Crippen LogP contribution in [0.15, 0.2) is 36.8 Å². The SMILES string of the molecule is C=C(F)/C=C\C(=C)NC(C)=S. The third kappa shape index (κ3) is 6.93. The molecule has 0 aromatic carbocycles. The van der Waals surface area contributed by atoms with E-state index in [1.165, 1.54) is 12.2 Å². The molecule has 0 aromatic rings. The zero-order valence-corrected chi connectivity index (χ0v) is 7.17. The molecule has 0 aliphatic carbocycles. The van der Waals surface area contributed by atoms with Gasteiger partial charge in [0.15, 0.2) is 0 Å². The molecule has 1 N–H and O–H groups in total. The van der Waals surface area contributed by atoms with E-state index in [2.05, 4.69) is 18.5 Å². The van der Waals surface area contributed by atoms with Gasteiger partial charge in [-0.2, -0.15) is 0 Å². The van der Waals surface area contributed by atoms with Gasteiger partial charge in [0.2, 0.25) is 0 Å². The lowest BCUT2D eigenvalue weighted by Crippen LogP contribution is -2.14. The molecule has 0 bridgehead atoms. The number of rotatable bonds is 3. The van der Waals surface area contributed by atoms with Crippen LogP contribution in [0.5, 0.6) is 0 Å². The Morgan fingerprint density at radius 1 is 1.45 bits per heavy atom. The summed E-state index contributed by atoms with van der Waals surface area (Å²) < 4.78 is 12.0. The fourth-order valence-electron chi connectivity index (χ4n) is 0.459. The molecule has 0 aliphatic rings. The molecule has 0 fully saturated rings. The maximum absolute atomic E-state index is 12.0. The molecule has 0 amide bonds. The molecule has 0 saturated heterocycles. The van der Waals surface area contributed by atoms with Crippen LogP contribution in [0.3, 0.4) is 0 Å². The minimum absolute atomic E-state index is 0.505. The highest BCUT2D eigenvalue weighted by Gasteiger charge is 1.87. The Balaban J connectivity index is 3.88. The number of hydrogen-bond donors (Lipinski definition) is 1. The number of hydrogen-bond acceptors (Lipinski definition) is 1. The normalized spacial score (nSPS) is 9.64. The van der Waals surface area contributed by atoms with Crippen molar-refractivity contribution in [2.24, 2.45) is 0 Å². The van der Waals surface area contributed by atoms with Gasteiger partial charge >= 0.3 is 0 Å².